The van der Waals surface area contributed by atoms with Crippen molar-refractivity contribution in [3.05, 3.63) is 11.6 Å². The fourth-order valence-electron chi connectivity index (χ4n) is 1.90. The topological polar surface area (TPSA) is 70.6 Å². The highest BCUT2D eigenvalue weighted by atomic mass is 16.4. The van der Waals surface area contributed by atoms with Crippen molar-refractivity contribution in [1.29, 1.82) is 0 Å². The number of allylic oxidation sites excluding steroid dienone is 1. The molecule has 1 atom stereocenters. The summed E-state index contributed by atoms with van der Waals surface area (Å²) in [5.41, 5.74) is 7.07. The molecule has 1 aliphatic carbocycles. The van der Waals surface area contributed by atoms with Crippen molar-refractivity contribution < 1.29 is 5.21 Å². The van der Waals surface area contributed by atoms with Crippen LogP contribution >= 0.6 is 0 Å². The normalized spacial score (nSPS) is 19.3. The zero-order valence-corrected chi connectivity index (χ0v) is 10.1. The number of amidine groups is 1. The number of hydrogen-bond donors (Lipinski definition) is 3. The molecule has 0 saturated heterocycles. The molecule has 0 aromatic heterocycles. The van der Waals surface area contributed by atoms with E-state index >= 15 is 0 Å². The van der Waals surface area contributed by atoms with Gasteiger partial charge in [0.2, 0.25) is 0 Å². The summed E-state index contributed by atoms with van der Waals surface area (Å²) in [5, 5.41) is 14.8. The highest BCUT2D eigenvalue weighted by molar-refractivity contribution is 5.82. The van der Waals surface area contributed by atoms with Crippen LogP contribution in [0.1, 0.15) is 39.0 Å². The van der Waals surface area contributed by atoms with Crippen molar-refractivity contribution in [3.63, 3.8) is 0 Å². The minimum Gasteiger partial charge on any atom is -0.409 e. The van der Waals surface area contributed by atoms with Gasteiger partial charge in [-0.15, -0.1) is 0 Å². The molecule has 4 nitrogen and oxygen atoms in total. The number of oxime groups is 1. The van der Waals surface area contributed by atoms with Crippen LogP contribution in [0, 0.1) is 5.92 Å². The number of nitrogens with zero attached hydrogens (tertiary/aromatic N) is 1. The Morgan fingerprint density at radius 3 is 3.06 bits per heavy atom. The van der Waals surface area contributed by atoms with Crippen LogP contribution in [-0.2, 0) is 0 Å². The Hall–Kier alpha value is -1.03. The lowest BCUT2D eigenvalue weighted by atomic mass is 9.97. The predicted octanol–water partition coefficient (Wildman–Crippen LogP) is 1.85. The molecule has 0 aliphatic heterocycles. The molecule has 0 heterocycles. The average Bonchev–Trinajstić information content (AvgIpc) is 2.34. The van der Waals surface area contributed by atoms with Crippen LogP contribution in [-0.4, -0.2) is 24.1 Å². The average molecular weight is 225 g/mol. The first-order valence-electron chi connectivity index (χ1n) is 6.10. The fourth-order valence-corrected chi connectivity index (χ4v) is 1.90. The van der Waals surface area contributed by atoms with Crippen molar-refractivity contribution >= 4 is 5.84 Å². The highest BCUT2D eigenvalue weighted by Gasteiger charge is 2.07. The molecule has 4 heteroatoms. The van der Waals surface area contributed by atoms with Gasteiger partial charge in [0, 0.05) is 12.5 Å². The Morgan fingerprint density at radius 1 is 1.62 bits per heavy atom. The third-order valence-corrected chi connectivity index (χ3v) is 3.08. The lowest BCUT2D eigenvalue weighted by Crippen LogP contribution is -2.31. The van der Waals surface area contributed by atoms with Gasteiger partial charge in [-0.1, -0.05) is 23.7 Å². The lowest BCUT2D eigenvalue weighted by molar-refractivity contribution is 0.314. The molecule has 16 heavy (non-hydrogen) atoms. The fraction of sp³-hybridized carbons (Fsp3) is 0.750. The summed E-state index contributed by atoms with van der Waals surface area (Å²) in [6.07, 6.45) is 8.69. The zero-order chi connectivity index (χ0) is 11.8. The van der Waals surface area contributed by atoms with Crippen LogP contribution in [0.25, 0.3) is 0 Å². The Balaban J connectivity index is 2.09. The molecule has 0 bridgehead atoms. The van der Waals surface area contributed by atoms with Crippen LogP contribution in [0.5, 0.6) is 0 Å². The number of rotatable bonds is 6. The third-order valence-electron chi connectivity index (χ3n) is 3.08. The summed E-state index contributed by atoms with van der Waals surface area (Å²) in [5.74, 6) is 0.384. The quantitative estimate of drug-likeness (QED) is 0.161. The van der Waals surface area contributed by atoms with Crippen molar-refractivity contribution in [3.8, 4) is 0 Å². The molecule has 0 spiro atoms. The van der Waals surface area contributed by atoms with E-state index in [1.165, 1.54) is 25.7 Å². The SMILES string of the molecule is CC(CNCCC1=CCCCC1)C(N)=NO. The predicted molar refractivity (Wildman–Crippen MR) is 66.6 cm³/mol. The monoisotopic (exact) mass is 225 g/mol. The van der Waals surface area contributed by atoms with Gasteiger partial charge in [0.15, 0.2) is 0 Å². The molecule has 4 N–H and O–H groups in total. The molecule has 0 radical (unpaired) electrons. The van der Waals surface area contributed by atoms with E-state index < -0.39 is 0 Å². The van der Waals surface area contributed by atoms with E-state index in [1.807, 2.05) is 6.92 Å². The minimum absolute atomic E-state index is 0.0883. The summed E-state index contributed by atoms with van der Waals surface area (Å²) >= 11 is 0. The van der Waals surface area contributed by atoms with Gasteiger partial charge in [0.1, 0.15) is 5.84 Å². The molecular formula is C12H23N3O. The summed E-state index contributed by atoms with van der Waals surface area (Å²) in [6, 6.07) is 0. The molecule has 1 rings (SSSR count). The van der Waals surface area contributed by atoms with Crippen LogP contribution in [0.15, 0.2) is 16.8 Å². The van der Waals surface area contributed by atoms with Crippen LogP contribution in [0.2, 0.25) is 0 Å². The molecular weight excluding hydrogens is 202 g/mol. The molecule has 1 aliphatic rings. The van der Waals surface area contributed by atoms with E-state index in [0.717, 1.165) is 19.5 Å². The van der Waals surface area contributed by atoms with Gasteiger partial charge in [-0.25, -0.2) is 0 Å². The van der Waals surface area contributed by atoms with Crippen molar-refractivity contribution in [2.24, 2.45) is 16.8 Å². The van der Waals surface area contributed by atoms with E-state index in [1.54, 1.807) is 5.57 Å². The van der Waals surface area contributed by atoms with Gasteiger partial charge in [-0.05, 0) is 38.6 Å². The second-order valence-electron chi connectivity index (χ2n) is 4.49. The maximum atomic E-state index is 8.49. The van der Waals surface area contributed by atoms with Crippen molar-refractivity contribution in [2.45, 2.75) is 39.0 Å². The summed E-state index contributed by atoms with van der Waals surface area (Å²) in [7, 11) is 0. The smallest absolute Gasteiger partial charge is 0.143 e. The van der Waals surface area contributed by atoms with Crippen molar-refractivity contribution in [2.75, 3.05) is 13.1 Å². The molecule has 0 aromatic rings. The van der Waals surface area contributed by atoms with Gasteiger partial charge in [0.25, 0.3) is 0 Å². The van der Waals surface area contributed by atoms with Crippen LogP contribution in [0.4, 0.5) is 0 Å². The van der Waals surface area contributed by atoms with Crippen LogP contribution in [0.3, 0.4) is 0 Å². The number of nitrogens with one attached hydrogen (secondary N) is 1. The Labute approximate surface area is 97.6 Å². The molecule has 0 aromatic carbocycles. The maximum Gasteiger partial charge on any atom is 0.143 e. The Kier molecular flexibility index (Phi) is 5.93. The summed E-state index contributed by atoms with van der Waals surface area (Å²) in [4.78, 5) is 0. The first-order chi connectivity index (χ1) is 7.74. The maximum absolute atomic E-state index is 8.49. The first-order valence-corrected chi connectivity index (χ1v) is 6.10. The van der Waals surface area contributed by atoms with E-state index in [0.29, 0.717) is 5.84 Å². The Bertz CT molecular complexity index is 261. The largest absolute Gasteiger partial charge is 0.409 e. The van der Waals surface area contributed by atoms with Crippen LogP contribution < -0.4 is 11.1 Å². The molecule has 0 saturated carbocycles. The van der Waals surface area contributed by atoms with Gasteiger partial charge in [-0.2, -0.15) is 0 Å². The first kappa shape index (κ1) is 13.0. The second-order valence-corrected chi connectivity index (χ2v) is 4.49. The minimum atomic E-state index is 0.0883. The van der Waals surface area contributed by atoms with E-state index in [9.17, 15) is 0 Å². The standard InChI is InChI=1S/C12H23N3O/c1-10(12(13)15-16)9-14-8-7-11-5-3-2-4-6-11/h5,10,14,16H,2-4,6-9H2,1H3,(H2,13,15). The molecule has 1 unspecified atom stereocenters. The lowest BCUT2D eigenvalue weighted by Gasteiger charge is -2.14. The third kappa shape index (κ3) is 4.66. The number of nitrogens with two attached hydrogens (primary N) is 1. The van der Waals surface area contributed by atoms with Gasteiger partial charge in [-0.3, -0.25) is 0 Å². The Morgan fingerprint density at radius 2 is 2.44 bits per heavy atom. The zero-order valence-electron chi connectivity index (χ0n) is 10.1. The van der Waals surface area contributed by atoms with E-state index in [2.05, 4.69) is 16.5 Å². The molecule has 92 valence electrons. The highest BCUT2D eigenvalue weighted by Crippen LogP contribution is 2.19. The van der Waals surface area contributed by atoms with Gasteiger partial charge in [0.05, 0.1) is 0 Å². The van der Waals surface area contributed by atoms with Crippen molar-refractivity contribution in [1.82, 2.24) is 5.32 Å². The second kappa shape index (κ2) is 7.28. The van der Waals surface area contributed by atoms with E-state index in [-0.39, 0.29) is 5.92 Å². The summed E-state index contributed by atoms with van der Waals surface area (Å²) in [6.45, 7) is 3.69. The molecule has 0 fully saturated rings. The van der Waals surface area contributed by atoms with Gasteiger partial charge < -0.3 is 16.3 Å². The molecule has 0 amide bonds. The van der Waals surface area contributed by atoms with Gasteiger partial charge >= 0.3 is 0 Å². The summed E-state index contributed by atoms with van der Waals surface area (Å²) < 4.78 is 0. The van der Waals surface area contributed by atoms with E-state index in [4.69, 9.17) is 10.9 Å². The number of hydrogen-bond acceptors (Lipinski definition) is 3.